The minimum atomic E-state index is -0.738. The van der Waals surface area contributed by atoms with Crippen LogP contribution < -0.4 is 16.4 Å². The van der Waals surface area contributed by atoms with E-state index in [9.17, 15) is 9.90 Å². The molecule has 0 fully saturated rings. The van der Waals surface area contributed by atoms with Crippen molar-refractivity contribution in [1.29, 1.82) is 0 Å². The lowest BCUT2D eigenvalue weighted by Crippen LogP contribution is -2.22. The number of nitrogens with zero attached hydrogens (tertiary/aromatic N) is 1. The first kappa shape index (κ1) is 21.4. The highest BCUT2D eigenvalue weighted by molar-refractivity contribution is 5.97. The van der Waals surface area contributed by atoms with E-state index < -0.39 is 5.60 Å². The molecule has 5 N–H and O–H groups in total. The second-order valence-corrected chi connectivity index (χ2v) is 7.31. The van der Waals surface area contributed by atoms with Gasteiger partial charge in [0.05, 0.1) is 5.60 Å². The standard InChI is InChI=1S/C22H30N4O2/c1-5-26-21(27)16-8-6-7-15(11-16)18-13-19(23)17(12-20(18)24-4)14-25-10-9-22(2,3)28/h6-8,11-14,24,28H,5,9-10,23H2,1-4H3,(H,26,27). The number of aliphatic hydroxyl groups is 1. The van der Waals surface area contributed by atoms with Crippen LogP contribution in [0.4, 0.5) is 11.4 Å². The number of nitrogens with one attached hydrogen (secondary N) is 2. The topological polar surface area (TPSA) is 99.7 Å². The fraction of sp³-hybridized carbons (Fsp3) is 0.364. The van der Waals surface area contributed by atoms with Crippen LogP contribution in [0.1, 0.15) is 43.1 Å². The Morgan fingerprint density at radius 2 is 2.04 bits per heavy atom. The van der Waals surface area contributed by atoms with E-state index in [0.29, 0.717) is 30.8 Å². The monoisotopic (exact) mass is 382 g/mol. The first-order valence-corrected chi connectivity index (χ1v) is 9.47. The van der Waals surface area contributed by atoms with Gasteiger partial charge < -0.3 is 21.5 Å². The minimum Gasteiger partial charge on any atom is -0.398 e. The summed E-state index contributed by atoms with van der Waals surface area (Å²) in [4.78, 5) is 16.5. The minimum absolute atomic E-state index is 0.0982. The van der Waals surface area contributed by atoms with Gasteiger partial charge in [-0.15, -0.1) is 0 Å². The molecule has 150 valence electrons. The van der Waals surface area contributed by atoms with Gasteiger partial charge in [-0.1, -0.05) is 12.1 Å². The lowest BCUT2D eigenvalue weighted by atomic mass is 9.98. The number of anilines is 2. The van der Waals surface area contributed by atoms with E-state index in [2.05, 4.69) is 15.6 Å². The second kappa shape index (κ2) is 9.37. The lowest BCUT2D eigenvalue weighted by Gasteiger charge is -2.15. The van der Waals surface area contributed by atoms with Gasteiger partial charge in [0, 0.05) is 54.4 Å². The third kappa shape index (κ3) is 5.82. The molecule has 0 aliphatic heterocycles. The van der Waals surface area contributed by atoms with E-state index in [1.54, 1.807) is 26.1 Å². The molecule has 0 heterocycles. The van der Waals surface area contributed by atoms with Crippen molar-refractivity contribution in [1.82, 2.24) is 5.32 Å². The molecule has 0 spiro atoms. The average molecular weight is 383 g/mol. The molecule has 0 bridgehead atoms. The summed E-state index contributed by atoms with van der Waals surface area (Å²) in [6.45, 7) is 6.52. The molecule has 2 rings (SSSR count). The molecule has 0 radical (unpaired) electrons. The molecular weight excluding hydrogens is 352 g/mol. The summed E-state index contributed by atoms with van der Waals surface area (Å²) in [5.41, 5.74) is 10.2. The number of nitrogen functional groups attached to an aromatic ring is 1. The zero-order valence-corrected chi connectivity index (χ0v) is 17.0. The van der Waals surface area contributed by atoms with Crippen molar-refractivity contribution < 1.29 is 9.90 Å². The number of nitrogens with two attached hydrogens (primary N) is 1. The van der Waals surface area contributed by atoms with E-state index in [-0.39, 0.29) is 5.91 Å². The molecule has 2 aromatic rings. The molecule has 2 aromatic carbocycles. The number of rotatable bonds is 8. The summed E-state index contributed by atoms with van der Waals surface area (Å²) in [5.74, 6) is -0.0982. The molecule has 0 saturated heterocycles. The Kier molecular flexibility index (Phi) is 7.18. The van der Waals surface area contributed by atoms with Crippen molar-refractivity contribution in [2.45, 2.75) is 32.8 Å². The van der Waals surface area contributed by atoms with Crippen LogP contribution in [0.2, 0.25) is 0 Å². The Hall–Kier alpha value is -2.86. The maximum Gasteiger partial charge on any atom is 0.251 e. The fourth-order valence-corrected chi connectivity index (χ4v) is 2.78. The van der Waals surface area contributed by atoms with Gasteiger partial charge in [0.15, 0.2) is 0 Å². The Bertz CT molecular complexity index is 854. The third-order valence-corrected chi connectivity index (χ3v) is 4.35. The van der Waals surface area contributed by atoms with E-state index >= 15 is 0 Å². The number of hydrogen-bond acceptors (Lipinski definition) is 5. The first-order chi connectivity index (χ1) is 13.2. The van der Waals surface area contributed by atoms with Crippen molar-refractivity contribution in [3.8, 4) is 11.1 Å². The van der Waals surface area contributed by atoms with Crippen LogP contribution in [-0.2, 0) is 0 Å². The summed E-state index contributed by atoms with van der Waals surface area (Å²) in [5, 5.41) is 15.8. The largest absolute Gasteiger partial charge is 0.398 e. The summed E-state index contributed by atoms with van der Waals surface area (Å²) < 4.78 is 0. The summed E-state index contributed by atoms with van der Waals surface area (Å²) in [6.07, 6.45) is 2.31. The van der Waals surface area contributed by atoms with Crippen LogP contribution in [0.25, 0.3) is 11.1 Å². The Labute approximate surface area is 166 Å². The Morgan fingerprint density at radius 1 is 1.29 bits per heavy atom. The van der Waals surface area contributed by atoms with Crippen molar-refractivity contribution in [2.75, 3.05) is 31.2 Å². The predicted octanol–water partition coefficient (Wildman–Crippen LogP) is 3.31. The molecule has 0 saturated carbocycles. The number of amides is 1. The zero-order valence-electron chi connectivity index (χ0n) is 17.0. The molecule has 6 heteroatoms. The van der Waals surface area contributed by atoms with E-state index in [0.717, 1.165) is 22.4 Å². The van der Waals surface area contributed by atoms with Gasteiger partial charge in [-0.25, -0.2) is 0 Å². The average Bonchev–Trinajstić information content (AvgIpc) is 2.65. The summed E-state index contributed by atoms with van der Waals surface area (Å²) in [7, 11) is 1.85. The molecule has 28 heavy (non-hydrogen) atoms. The van der Waals surface area contributed by atoms with Gasteiger partial charge in [0.25, 0.3) is 5.91 Å². The molecule has 6 nitrogen and oxygen atoms in total. The third-order valence-electron chi connectivity index (χ3n) is 4.35. The molecular formula is C22H30N4O2. The number of benzene rings is 2. The van der Waals surface area contributed by atoms with Gasteiger partial charge in [-0.05, 0) is 57.0 Å². The second-order valence-electron chi connectivity index (χ2n) is 7.31. The van der Waals surface area contributed by atoms with Crippen molar-refractivity contribution in [3.05, 3.63) is 47.5 Å². The van der Waals surface area contributed by atoms with Gasteiger partial charge in [0.2, 0.25) is 0 Å². The first-order valence-electron chi connectivity index (χ1n) is 9.47. The quantitative estimate of drug-likeness (QED) is 0.416. The van der Waals surface area contributed by atoms with E-state index in [1.165, 1.54) is 0 Å². The molecule has 0 aliphatic carbocycles. The van der Waals surface area contributed by atoms with Crippen LogP contribution in [-0.4, -0.2) is 43.0 Å². The van der Waals surface area contributed by atoms with Crippen LogP contribution in [0.3, 0.4) is 0 Å². The van der Waals surface area contributed by atoms with Crippen molar-refractivity contribution in [3.63, 3.8) is 0 Å². The summed E-state index contributed by atoms with van der Waals surface area (Å²) in [6, 6.07) is 11.3. The Morgan fingerprint density at radius 3 is 2.68 bits per heavy atom. The molecule has 0 aromatic heterocycles. The molecule has 0 atom stereocenters. The number of carbonyl (C=O) groups excluding carboxylic acids is 1. The number of carbonyl (C=O) groups is 1. The van der Waals surface area contributed by atoms with Gasteiger partial charge in [0.1, 0.15) is 0 Å². The van der Waals surface area contributed by atoms with E-state index in [4.69, 9.17) is 5.73 Å². The molecule has 1 amide bonds. The molecule has 0 aliphatic rings. The lowest BCUT2D eigenvalue weighted by molar-refractivity contribution is 0.0739. The van der Waals surface area contributed by atoms with Crippen molar-refractivity contribution >= 4 is 23.5 Å². The van der Waals surface area contributed by atoms with Crippen LogP contribution >= 0.6 is 0 Å². The highest BCUT2D eigenvalue weighted by atomic mass is 16.3. The number of aliphatic imine (C=N–C) groups is 1. The summed E-state index contributed by atoms with van der Waals surface area (Å²) >= 11 is 0. The smallest absolute Gasteiger partial charge is 0.251 e. The van der Waals surface area contributed by atoms with Crippen LogP contribution in [0, 0.1) is 0 Å². The van der Waals surface area contributed by atoms with E-state index in [1.807, 2.05) is 44.3 Å². The SMILES string of the molecule is CCNC(=O)c1cccc(-c2cc(N)c(C=NCCC(C)(C)O)cc2NC)c1. The zero-order chi connectivity index (χ0) is 20.7. The van der Waals surface area contributed by atoms with Gasteiger partial charge in [-0.3, -0.25) is 9.79 Å². The fourth-order valence-electron chi connectivity index (χ4n) is 2.78. The molecule has 0 unspecified atom stereocenters. The predicted molar refractivity (Wildman–Crippen MR) is 117 cm³/mol. The number of hydrogen-bond donors (Lipinski definition) is 4. The van der Waals surface area contributed by atoms with Gasteiger partial charge in [-0.2, -0.15) is 0 Å². The highest BCUT2D eigenvalue weighted by Crippen LogP contribution is 2.32. The van der Waals surface area contributed by atoms with Crippen molar-refractivity contribution in [2.24, 2.45) is 4.99 Å². The Balaban J connectivity index is 2.32. The highest BCUT2D eigenvalue weighted by Gasteiger charge is 2.12. The van der Waals surface area contributed by atoms with Gasteiger partial charge >= 0.3 is 0 Å². The van der Waals surface area contributed by atoms with Crippen LogP contribution in [0.15, 0.2) is 41.4 Å². The normalized spacial score (nSPS) is 11.6. The maximum absolute atomic E-state index is 12.1. The maximum atomic E-state index is 12.1. The van der Waals surface area contributed by atoms with Crippen LogP contribution in [0.5, 0.6) is 0 Å².